The summed E-state index contributed by atoms with van der Waals surface area (Å²) >= 11 is 0. The number of likely N-dealkylation sites (N-methyl/N-ethyl adjacent to an activating group) is 1. The monoisotopic (exact) mass is 1090 g/mol. The Morgan fingerprint density at radius 1 is 0.447 bits per heavy atom. The summed E-state index contributed by atoms with van der Waals surface area (Å²) in [7, 11) is 1.58. The van der Waals surface area contributed by atoms with Crippen molar-refractivity contribution in [1.82, 2.24) is 5.32 Å². The highest BCUT2D eigenvalue weighted by atomic mass is 31.2. The zero-order chi connectivity index (χ0) is 55.6. The van der Waals surface area contributed by atoms with E-state index in [0.29, 0.717) is 17.4 Å². The predicted octanol–water partition coefficient (Wildman–Crippen LogP) is 20.7. The van der Waals surface area contributed by atoms with E-state index in [1.807, 2.05) is 27.2 Å². The Labute approximate surface area is 473 Å². The summed E-state index contributed by atoms with van der Waals surface area (Å²) in [6.07, 6.45) is 78.1. The summed E-state index contributed by atoms with van der Waals surface area (Å²) in [6.45, 7) is 4.85. The topological polar surface area (TPSA) is 105 Å². The van der Waals surface area contributed by atoms with Crippen molar-refractivity contribution in [3.63, 3.8) is 0 Å². The molecule has 0 spiro atoms. The number of nitrogens with zero attached hydrogens (tertiary/aromatic N) is 1. The molecule has 0 aliphatic carbocycles. The molecular formula is C67H130N2O6P+. The van der Waals surface area contributed by atoms with Crippen LogP contribution in [-0.4, -0.2) is 73.4 Å². The summed E-state index contributed by atoms with van der Waals surface area (Å²) in [5, 5.41) is 14.0. The van der Waals surface area contributed by atoms with Crippen LogP contribution in [0.4, 0.5) is 0 Å². The van der Waals surface area contributed by atoms with Gasteiger partial charge in [-0.1, -0.05) is 306 Å². The van der Waals surface area contributed by atoms with Gasteiger partial charge in [0, 0.05) is 6.42 Å². The number of rotatable bonds is 61. The van der Waals surface area contributed by atoms with E-state index in [9.17, 15) is 19.4 Å². The van der Waals surface area contributed by atoms with Gasteiger partial charge in [0.25, 0.3) is 0 Å². The lowest BCUT2D eigenvalue weighted by molar-refractivity contribution is -0.870. The number of carbonyl (C=O) groups is 1. The summed E-state index contributed by atoms with van der Waals surface area (Å²) in [5.41, 5.74) is 0. The SMILES string of the molecule is CCCCCCC/C=C\C/C=C\C/C=C\CCCCCCCCCCCCCCC(=O)NC(COP(=O)(O)OCC[N+](C)(C)C)C(O)/C=C/CCCCCCCCCCCCCCCCCCCCCCCCCCC. The molecule has 0 radical (unpaired) electrons. The normalized spacial score (nSPS) is 14.0. The fourth-order valence-corrected chi connectivity index (χ4v) is 10.6. The van der Waals surface area contributed by atoms with Gasteiger partial charge in [-0.15, -0.1) is 0 Å². The first-order valence-electron chi connectivity index (χ1n) is 33.0. The van der Waals surface area contributed by atoms with E-state index in [1.165, 1.54) is 250 Å². The minimum Gasteiger partial charge on any atom is -0.387 e. The number of phosphoric ester groups is 1. The first-order valence-corrected chi connectivity index (χ1v) is 34.5. The van der Waals surface area contributed by atoms with Gasteiger partial charge < -0.3 is 19.8 Å². The van der Waals surface area contributed by atoms with Crippen LogP contribution < -0.4 is 5.32 Å². The Hall–Kier alpha value is -1.54. The van der Waals surface area contributed by atoms with Gasteiger partial charge in [0.05, 0.1) is 39.9 Å². The molecule has 76 heavy (non-hydrogen) atoms. The molecule has 3 unspecified atom stereocenters. The molecule has 0 aromatic rings. The molecule has 3 N–H and O–H groups in total. The van der Waals surface area contributed by atoms with E-state index >= 15 is 0 Å². The standard InChI is InChI=1S/C67H129N2O6P/c1-6-8-10-12-14-16-18-20-22-24-26-28-30-32-34-36-38-40-42-44-46-48-50-52-54-56-58-60-66(70)65(64-75-76(72,73)74-63-62-69(3,4)5)68-67(71)61-59-57-55-53-51-49-47-45-43-41-39-37-35-33-31-29-27-25-23-21-19-17-15-13-11-9-7-2/h19,21,25,27,31,33,58,60,65-66,70H,6-18,20,22-24,26,28-30,32,34-57,59,61-64H2,1-5H3,(H-,68,71,72,73)/p+1/b21-19-,27-25-,33-31-,60-58+. The number of nitrogens with one attached hydrogen (secondary N) is 1. The lowest BCUT2D eigenvalue weighted by atomic mass is 10.0. The molecule has 0 saturated heterocycles. The summed E-state index contributed by atoms with van der Waals surface area (Å²) in [6, 6.07) is -0.850. The number of amides is 1. The van der Waals surface area contributed by atoms with Crippen LogP contribution in [0.2, 0.25) is 0 Å². The van der Waals surface area contributed by atoms with Crippen LogP contribution in [0.15, 0.2) is 48.6 Å². The molecule has 0 aromatic heterocycles. The van der Waals surface area contributed by atoms with Crippen molar-refractivity contribution in [2.24, 2.45) is 0 Å². The molecule has 0 saturated carbocycles. The molecule has 0 bridgehead atoms. The van der Waals surface area contributed by atoms with Gasteiger partial charge in [0.1, 0.15) is 13.2 Å². The minimum absolute atomic E-state index is 0.0611. The fraction of sp³-hybridized carbons (Fsp3) is 0.866. The maximum atomic E-state index is 13.0. The first kappa shape index (κ1) is 74.5. The Bertz CT molecular complexity index is 1380. The van der Waals surface area contributed by atoms with Crippen LogP contribution in [0.1, 0.15) is 322 Å². The molecule has 8 nitrogen and oxygen atoms in total. The number of hydrogen-bond acceptors (Lipinski definition) is 5. The van der Waals surface area contributed by atoms with Crippen molar-refractivity contribution < 1.29 is 32.9 Å². The zero-order valence-corrected chi connectivity index (χ0v) is 52.2. The Balaban J connectivity index is 4.12. The summed E-state index contributed by atoms with van der Waals surface area (Å²) in [4.78, 5) is 23.4. The quantitative estimate of drug-likeness (QED) is 0.0243. The van der Waals surface area contributed by atoms with Crippen LogP contribution >= 0.6 is 7.82 Å². The Morgan fingerprint density at radius 3 is 1.09 bits per heavy atom. The highest BCUT2D eigenvalue weighted by Gasteiger charge is 2.28. The number of aliphatic hydroxyl groups is 1. The number of quaternary nitrogens is 1. The molecule has 448 valence electrons. The Morgan fingerprint density at radius 2 is 0.750 bits per heavy atom. The van der Waals surface area contributed by atoms with Crippen LogP contribution in [0.25, 0.3) is 0 Å². The Kier molecular flexibility index (Phi) is 56.9. The van der Waals surface area contributed by atoms with E-state index in [2.05, 4.69) is 55.6 Å². The molecule has 0 rings (SSSR count). The number of phosphoric acid groups is 1. The molecular weight excluding hydrogens is 960 g/mol. The molecule has 3 atom stereocenters. The van der Waals surface area contributed by atoms with Crippen LogP contribution in [0, 0.1) is 0 Å². The first-order chi connectivity index (χ1) is 37.0. The maximum absolute atomic E-state index is 13.0. The number of allylic oxidation sites excluding steroid dienone is 7. The third-order valence-corrected chi connectivity index (χ3v) is 16.0. The van der Waals surface area contributed by atoms with Gasteiger partial charge in [-0.05, 0) is 57.8 Å². The van der Waals surface area contributed by atoms with Crippen molar-refractivity contribution in [2.75, 3.05) is 40.9 Å². The lowest BCUT2D eigenvalue weighted by Gasteiger charge is -2.25. The average molecular weight is 1090 g/mol. The maximum Gasteiger partial charge on any atom is 0.472 e. The van der Waals surface area contributed by atoms with Crippen LogP contribution in [0.3, 0.4) is 0 Å². The number of aliphatic hydroxyl groups excluding tert-OH is 1. The minimum atomic E-state index is -4.35. The fourth-order valence-electron chi connectivity index (χ4n) is 9.88. The van der Waals surface area contributed by atoms with E-state index in [-0.39, 0.29) is 19.1 Å². The van der Waals surface area contributed by atoms with Crippen LogP contribution in [0.5, 0.6) is 0 Å². The molecule has 1 amide bonds. The van der Waals surface area contributed by atoms with Gasteiger partial charge in [-0.3, -0.25) is 13.8 Å². The van der Waals surface area contributed by atoms with E-state index in [0.717, 1.165) is 51.4 Å². The van der Waals surface area contributed by atoms with E-state index < -0.39 is 20.0 Å². The van der Waals surface area contributed by atoms with Gasteiger partial charge in [0.15, 0.2) is 0 Å². The predicted molar refractivity (Wildman–Crippen MR) is 332 cm³/mol. The van der Waals surface area contributed by atoms with Crippen molar-refractivity contribution in [2.45, 2.75) is 334 Å². The zero-order valence-electron chi connectivity index (χ0n) is 51.3. The second-order valence-electron chi connectivity index (χ2n) is 23.8. The van der Waals surface area contributed by atoms with Crippen molar-refractivity contribution in [1.29, 1.82) is 0 Å². The molecule has 9 heteroatoms. The van der Waals surface area contributed by atoms with E-state index in [4.69, 9.17) is 9.05 Å². The highest BCUT2D eigenvalue weighted by molar-refractivity contribution is 7.47. The number of carbonyl (C=O) groups excluding carboxylic acids is 1. The van der Waals surface area contributed by atoms with Crippen molar-refractivity contribution in [3.05, 3.63) is 48.6 Å². The second-order valence-corrected chi connectivity index (χ2v) is 25.3. The van der Waals surface area contributed by atoms with E-state index in [1.54, 1.807) is 6.08 Å². The molecule has 0 fully saturated rings. The molecule has 0 aliphatic rings. The number of hydrogen-bond donors (Lipinski definition) is 3. The largest absolute Gasteiger partial charge is 0.472 e. The second kappa shape index (κ2) is 58.1. The molecule has 0 aromatic carbocycles. The van der Waals surface area contributed by atoms with Crippen molar-refractivity contribution >= 4 is 13.7 Å². The smallest absolute Gasteiger partial charge is 0.387 e. The molecule has 0 heterocycles. The van der Waals surface area contributed by atoms with Crippen LogP contribution in [-0.2, 0) is 18.4 Å². The van der Waals surface area contributed by atoms with Gasteiger partial charge in [-0.2, -0.15) is 0 Å². The van der Waals surface area contributed by atoms with Gasteiger partial charge >= 0.3 is 7.82 Å². The summed E-state index contributed by atoms with van der Waals surface area (Å²) in [5.74, 6) is -0.175. The average Bonchev–Trinajstić information content (AvgIpc) is 3.38. The number of unbranched alkanes of at least 4 members (excludes halogenated alkanes) is 42. The third-order valence-electron chi connectivity index (χ3n) is 15.0. The third kappa shape index (κ3) is 60.1. The van der Waals surface area contributed by atoms with Gasteiger partial charge in [-0.25, -0.2) is 4.57 Å². The highest BCUT2D eigenvalue weighted by Crippen LogP contribution is 2.43. The summed E-state index contributed by atoms with van der Waals surface area (Å²) < 4.78 is 23.8. The molecule has 0 aliphatic heterocycles. The van der Waals surface area contributed by atoms with Gasteiger partial charge in [0.2, 0.25) is 5.91 Å². The lowest BCUT2D eigenvalue weighted by Crippen LogP contribution is -2.45. The van der Waals surface area contributed by atoms with Crippen molar-refractivity contribution in [3.8, 4) is 0 Å².